The molecule has 0 saturated carbocycles. The molecule has 2 amide bonds. The van der Waals surface area contributed by atoms with Crippen LogP contribution in [0.1, 0.15) is 123 Å². The van der Waals surface area contributed by atoms with E-state index < -0.39 is 42.7 Å². The van der Waals surface area contributed by atoms with Gasteiger partial charge < -0.3 is 35.8 Å². The number of unbranched alkanes of at least 4 members (excludes halogenated alkanes) is 14. The number of ether oxygens (including phenoxy) is 1. The van der Waals surface area contributed by atoms with Crippen molar-refractivity contribution < 1.29 is 34.8 Å². The van der Waals surface area contributed by atoms with E-state index in [0.717, 1.165) is 31.4 Å². The first-order valence-electron chi connectivity index (χ1n) is 17.2. The van der Waals surface area contributed by atoms with Gasteiger partial charge in [0.25, 0.3) is 0 Å². The van der Waals surface area contributed by atoms with Gasteiger partial charge in [-0.15, -0.1) is 5.10 Å². The van der Waals surface area contributed by atoms with Gasteiger partial charge in [0.05, 0.1) is 12.7 Å². The van der Waals surface area contributed by atoms with E-state index in [0.29, 0.717) is 12.2 Å². The van der Waals surface area contributed by atoms with Gasteiger partial charge in [0.15, 0.2) is 12.1 Å². The van der Waals surface area contributed by atoms with Crippen LogP contribution in [0.5, 0.6) is 0 Å². The smallest absolute Gasteiger partial charge is 0.249 e. The lowest BCUT2D eigenvalue weighted by Crippen LogP contribution is -2.45. The highest BCUT2D eigenvalue weighted by atomic mass is 32.2. The number of carbonyl (C=O) groups is 2. The minimum Gasteiger partial charge on any atom is -0.388 e. The number of aromatic nitrogens is 3. The summed E-state index contributed by atoms with van der Waals surface area (Å²) in [5, 5.41) is 52.9. The third kappa shape index (κ3) is 16.1. The van der Waals surface area contributed by atoms with Crippen LogP contribution in [0.15, 0.2) is 6.20 Å². The van der Waals surface area contributed by atoms with Gasteiger partial charge in [-0.3, -0.25) is 9.59 Å². The summed E-state index contributed by atoms with van der Waals surface area (Å²) in [4.78, 5) is 25.7. The molecular formula is C32H59N5O7S. The quantitative estimate of drug-likeness (QED) is 0.0801. The predicted molar refractivity (Wildman–Crippen MR) is 177 cm³/mol. The van der Waals surface area contributed by atoms with Crippen LogP contribution in [-0.2, 0) is 20.9 Å². The molecule has 45 heavy (non-hydrogen) atoms. The Kier molecular flexibility index (Phi) is 20.6. The number of thioether (sulfide) groups is 1. The number of carbonyl (C=O) groups excluding carboxylic acids is 2. The molecule has 0 aromatic carbocycles. The van der Waals surface area contributed by atoms with Crippen LogP contribution >= 0.6 is 11.8 Å². The molecule has 2 rings (SSSR count). The molecule has 2 heterocycles. The summed E-state index contributed by atoms with van der Waals surface area (Å²) in [6.45, 7) is 4.16. The molecule has 0 spiro atoms. The van der Waals surface area contributed by atoms with Crippen molar-refractivity contribution in [2.45, 2.75) is 166 Å². The Morgan fingerprint density at radius 1 is 0.889 bits per heavy atom. The third-order valence-electron chi connectivity index (χ3n) is 8.11. The van der Waals surface area contributed by atoms with Crippen molar-refractivity contribution in [3.05, 3.63) is 6.20 Å². The summed E-state index contributed by atoms with van der Waals surface area (Å²) < 4.78 is 6.27. The first kappa shape index (κ1) is 39.4. The van der Waals surface area contributed by atoms with E-state index >= 15 is 0 Å². The third-order valence-corrected chi connectivity index (χ3v) is 9.38. The Bertz CT molecular complexity index is 939. The maximum absolute atomic E-state index is 13.0. The number of aliphatic hydroxyl groups is 4. The molecule has 1 aliphatic rings. The Morgan fingerprint density at radius 3 is 2.00 bits per heavy atom. The highest BCUT2D eigenvalue weighted by Gasteiger charge is 2.45. The van der Waals surface area contributed by atoms with Crippen LogP contribution in [0.25, 0.3) is 0 Å². The molecule has 260 valence electrons. The molecule has 13 heteroatoms. The lowest BCUT2D eigenvalue weighted by Gasteiger charge is -2.20. The van der Waals surface area contributed by atoms with Gasteiger partial charge in [-0.1, -0.05) is 109 Å². The minimum absolute atomic E-state index is 0.141. The van der Waals surface area contributed by atoms with Crippen LogP contribution in [-0.4, -0.2) is 95.5 Å². The average molecular weight is 658 g/mol. The second-order valence-corrected chi connectivity index (χ2v) is 13.4. The van der Waals surface area contributed by atoms with Gasteiger partial charge in [0.1, 0.15) is 30.5 Å². The summed E-state index contributed by atoms with van der Waals surface area (Å²) in [6.07, 6.45) is 14.6. The van der Waals surface area contributed by atoms with Crippen LogP contribution < -0.4 is 10.6 Å². The summed E-state index contributed by atoms with van der Waals surface area (Å²) in [5.74, 6) is 0.886. The van der Waals surface area contributed by atoms with Crippen molar-refractivity contribution in [1.29, 1.82) is 0 Å². The van der Waals surface area contributed by atoms with Crippen molar-refractivity contribution in [3.63, 3.8) is 0 Å². The number of nitrogens with zero attached hydrogens (tertiary/aromatic N) is 3. The largest absolute Gasteiger partial charge is 0.388 e. The van der Waals surface area contributed by atoms with E-state index in [1.165, 1.54) is 87.9 Å². The topological polar surface area (TPSA) is 179 Å². The lowest BCUT2D eigenvalue weighted by molar-refractivity contribution is -0.147. The second kappa shape index (κ2) is 23.5. The predicted octanol–water partition coefficient (Wildman–Crippen LogP) is 3.91. The minimum atomic E-state index is -1.60. The van der Waals surface area contributed by atoms with Crippen molar-refractivity contribution in [1.82, 2.24) is 20.3 Å². The zero-order chi connectivity index (χ0) is 32.9. The monoisotopic (exact) mass is 657 g/mol. The Labute approximate surface area is 273 Å². The second-order valence-electron chi connectivity index (χ2n) is 12.2. The van der Waals surface area contributed by atoms with E-state index in [-0.39, 0.29) is 18.3 Å². The molecule has 1 aromatic rings. The SMILES string of the molecule is CCCCCCCCCCCCCCCCCC(=O)N[C@H](CSCCC)C(=O)Nc1cn(C[C@H](O)C2OC(O)[C@@H](O)[C@@H]2O)nn1. The molecule has 0 bridgehead atoms. The Morgan fingerprint density at radius 2 is 1.47 bits per heavy atom. The first-order valence-corrected chi connectivity index (χ1v) is 18.4. The van der Waals surface area contributed by atoms with Gasteiger partial charge in [-0.25, -0.2) is 4.68 Å². The summed E-state index contributed by atoms with van der Waals surface area (Å²) in [7, 11) is 0. The van der Waals surface area contributed by atoms with Crippen molar-refractivity contribution in [2.24, 2.45) is 0 Å². The van der Waals surface area contributed by atoms with Gasteiger partial charge in [0.2, 0.25) is 11.8 Å². The molecule has 1 aromatic heterocycles. The van der Waals surface area contributed by atoms with E-state index in [9.17, 15) is 30.0 Å². The van der Waals surface area contributed by atoms with E-state index in [4.69, 9.17) is 4.74 Å². The molecule has 2 unspecified atom stereocenters. The molecule has 0 radical (unpaired) electrons. The maximum atomic E-state index is 13.0. The van der Waals surface area contributed by atoms with Gasteiger partial charge in [-0.2, -0.15) is 11.8 Å². The molecule has 12 nitrogen and oxygen atoms in total. The van der Waals surface area contributed by atoms with Crippen LogP contribution in [0.2, 0.25) is 0 Å². The fraction of sp³-hybridized carbons (Fsp3) is 0.875. The van der Waals surface area contributed by atoms with Gasteiger partial charge in [-0.05, 0) is 18.6 Å². The van der Waals surface area contributed by atoms with E-state index in [2.05, 4.69) is 34.8 Å². The Balaban J connectivity index is 1.64. The zero-order valence-corrected chi connectivity index (χ0v) is 28.3. The summed E-state index contributed by atoms with van der Waals surface area (Å²) in [5.41, 5.74) is 0. The average Bonchev–Trinajstić information content (AvgIpc) is 3.56. The van der Waals surface area contributed by atoms with Gasteiger partial charge in [0, 0.05) is 12.2 Å². The zero-order valence-electron chi connectivity index (χ0n) is 27.4. The number of nitrogens with one attached hydrogen (secondary N) is 2. The summed E-state index contributed by atoms with van der Waals surface area (Å²) in [6, 6.07) is -0.730. The van der Waals surface area contributed by atoms with Crippen molar-refractivity contribution in [3.8, 4) is 0 Å². The number of rotatable bonds is 26. The van der Waals surface area contributed by atoms with E-state index in [1.807, 2.05) is 0 Å². The molecular weight excluding hydrogens is 598 g/mol. The molecule has 1 saturated heterocycles. The Hall–Kier alpha value is -1.77. The fourth-order valence-corrected chi connectivity index (χ4v) is 6.33. The van der Waals surface area contributed by atoms with Crippen LogP contribution in [0.3, 0.4) is 0 Å². The normalized spacial score (nSPS) is 21.1. The maximum Gasteiger partial charge on any atom is 0.249 e. The highest BCUT2D eigenvalue weighted by Crippen LogP contribution is 2.23. The highest BCUT2D eigenvalue weighted by molar-refractivity contribution is 7.99. The number of anilines is 1. The summed E-state index contributed by atoms with van der Waals surface area (Å²) >= 11 is 1.59. The lowest BCUT2D eigenvalue weighted by atomic mass is 10.0. The van der Waals surface area contributed by atoms with E-state index in [1.54, 1.807) is 11.8 Å². The standard InChI is InChI=1S/C32H59N5O7S/c1-3-5-6-7-8-9-10-11-12-13-14-15-16-17-18-19-27(39)33-24(23-45-20-4-2)31(42)34-26-22-37(36-35-26)21-25(38)30-28(40)29(41)32(43)44-30/h22,24-25,28-30,32,38,40-41,43H,3-21,23H2,1-2H3,(H,33,39)(H,34,42)/t24-,25+,28+,29+,30?,32?/m1/s1. The fourth-order valence-electron chi connectivity index (χ4n) is 5.41. The molecule has 0 aliphatic carbocycles. The molecule has 1 aliphatic heterocycles. The van der Waals surface area contributed by atoms with Gasteiger partial charge >= 0.3 is 0 Å². The number of amides is 2. The molecule has 6 atom stereocenters. The van der Waals surface area contributed by atoms with Crippen LogP contribution in [0, 0.1) is 0 Å². The molecule has 6 N–H and O–H groups in total. The van der Waals surface area contributed by atoms with Crippen LogP contribution in [0.4, 0.5) is 5.82 Å². The first-order chi connectivity index (χ1) is 21.8. The number of aliphatic hydroxyl groups excluding tert-OH is 4. The molecule has 1 fully saturated rings. The number of hydrogen-bond donors (Lipinski definition) is 6. The van der Waals surface area contributed by atoms with Crippen molar-refractivity contribution >= 4 is 29.4 Å². The van der Waals surface area contributed by atoms with Crippen molar-refractivity contribution in [2.75, 3.05) is 16.8 Å². The number of hydrogen-bond acceptors (Lipinski definition) is 10.